The molecule has 0 bridgehead atoms. The Morgan fingerprint density at radius 1 is 1.35 bits per heavy atom. The molecule has 0 spiro atoms. The smallest absolute Gasteiger partial charge is 0.262 e. The lowest BCUT2D eigenvalue weighted by molar-refractivity contribution is 0.102. The molecule has 3 aromatic heterocycles. The Morgan fingerprint density at radius 3 is 2.78 bits per heavy atom. The summed E-state index contributed by atoms with van der Waals surface area (Å²) in [4.78, 5) is 16.8. The number of rotatable bonds is 2. The van der Waals surface area contributed by atoms with E-state index in [0.29, 0.717) is 22.8 Å². The van der Waals surface area contributed by atoms with Gasteiger partial charge in [-0.25, -0.2) is 14.2 Å². The van der Waals surface area contributed by atoms with Crippen molar-refractivity contribution >= 4 is 23.2 Å². The standard InChI is InChI=1S/C15H19N7O/c1-9-7-12(22(20-9)15(2,3)4)19-14(23)10-8-17-21-6-5-11(16)18-13(10)21/h5-8H,1-4H3,(H2,16,18)(H,19,23). The van der Waals surface area contributed by atoms with Gasteiger partial charge in [-0.1, -0.05) is 0 Å². The van der Waals surface area contributed by atoms with Gasteiger partial charge in [0.1, 0.15) is 17.2 Å². The number of aromatic nitrogens is 5. The van der Waals surface area contributed by atoms with E-state index in [4.69, 9.17) is 5.73 Å². The summed E-state index contributed by atoms with van der Waals surface area (Å²) in [6, 6.07) is 3.45. The average molecular weight is 313 g/mol. The topological polar surface area (TPSA) is 103 Å². The van der Waals surface area contributed by atoms with Crippen LogP contribution in [0, 0.1) is 6.92 Å². The molecule has 3 heterocycles. The number of anilines is 2. The Balaban J connectivity index is 1.97. The summed E-state index contributed by atoms with van der Waals surface area (Å²) in [5, 5.41) is 11.4. The fourth-order valence-electron chi connectivity index (χ4n) is 2.33. The predicted octanol–water partition coefficient (Wildman–Crippen LogP) is 1.82. The lowest BCUT2D eigenvalue weighted by Gasteiger charge is -2.22. The van der Waals surface area contributed by atoms with Crippen LogP contribution in [-0.2, 0) is 5.54 Å². The Bertz CT molecular complexity index is 885. The molecule has 0 aliphatic rings. The molecule has 0 fully saturated rings. The fraction of sp³-hybridized carbons (Fsp3) is 0.333. The first-order valence-electron chi connectivity index (χ1n) is 7.24. The Hall–Kier alpha value is -2.90. The lowest BCUT2D eigenvalue weighted by atomic mass is 10.1. The van der Waals surface area contributed by atoms with Gasteiger partial charge in [-0.3, -0.25) is 4.79 Å². The summed E-state index contributed by atoms with van der Waals surface area (Å²) >= 11 is 0. The van der Waals surface area contributed by atoms with Crippen molar-refractivity contribution in [1.82, 2.24) is 24.4 Å². The highest BCUT2D eigenvalue weighted by Gasteiger charge is 2.22. The molecule has 8 nitrogen and oxygen atoms in total. The quantitative estimate of drug-likeness (QED) is 0.751. The minimum Gasteiger partial charge on any atom is -0.384 e. The molecule has 0 saturated carbocycles. The summed E-state index contributed by atoms with van der Waals surface area (Å²) in [7, 11) is 0. The zero-order chi connectivity index (χ0) is 16.8. The number of hydrogen-bond acceptors (Lipinski definition) is 5. The molecule has 0 saturated heterocycles. The second-order valence-corrected chi connectivity index (χ2v) is 6.39. The molecule has 0 unspecified atom stereocenters. The molecule has 3 rings (SSSR count). The third kappa shape index (κ3) is 2.75. The van der Waals surface area contributed by atoms with E-state index >= 15 is 0 Å². The lowest BCUT2D eigenvalue weighted by Crippen LogP contribution is -2.26. The van der Waals surface area contributed by atoms with Crippen molar-refractivity contribution in [3.63, 3.8) is 0 Å². The summed E-state index contributed by atoms with van der Waals surface area (Å²) in [5.74, 6) is 0.661. The van der Waals surface area contributed by atoms with Crippen LogP contribution in [0.25, 0.3) is 5.65 Å². The largest absolute Gasteiger partial charge is 0.384 e. The van der Waals surface area contributed by atoms with Gasteiger partial charge in [0.25, 0.3) is 5.91 Å². The van der Waals surface area contributed by atoms with Crippen molar-refractivity contribution < 1.29 is 4.79 Å². The molecule has 0 aromatic carbocycles. The van der Waals surface area contributed by atoms with Gasteiger partial charge in [0.2, 0.25) is 0 Å². The zero-order valence-corrected chi connectivity index (χ0v) is 13.5. The second kappa shape index (κ2) is 5.08. The number of nitrogens with two attached hydrogens (primary N) is 1. The first-order valence-corrected chi connectivity index (χ1v) is 7.24. The summed E-state index contributed by atoms with van der Waals surface area (Å²) in [6.45, 7) is 7.95. The number of nitrogens with one attached hydrogen (secondary N) is 1. The summed E-state index contributed by atoms with van der Waals surface area (Å²) in [6.07, 6.45) is 3.14. The van der Waals surface area contributed by atoms with Crippen LogP contribution in [0.3, 0.4) is 0 Å². The number of hydrogen-bond donors (Lipinski definition) is 2. The first-order chi connectivity index (χ1) is 10.8. The average Bonchev–Trinajstić information content (AvgIpc) is 3.01. The molecule has 3 aromatic rings. The third-order valence-electron chi connectivity index (χ3n) is 3.34. The molecular formula is C15H19N7O. The van der Waals surface area contributed by atoms with Crippen molar-refractivity contribution in [3.8, 4) is 0 Å². The SMILES string of the molecule is Cc1cc(NC(=O)c2cnn3ccc(N)nc23)n(C(C)(C)C)n1. The van der Waals surface area contributed by atoms with E-state index in [2.05, 4.69) is 20.5 Å². The third-order valence-corrected chi connectivity index (χ3v) is 3.34. The minimum atomic E-state index is -0.302. The Kier molecular flexibility index (Phi) is 3.32. The van der Waals surface area contributed by atoms with E-state index in [-0.39, 0.29) is 11.4 Å². The highest BCUT2D eigenvalue weighted by molar-refractivity contribution is 6.07. The van der Waals surface area contributed by atoms with Crippen molar-refractivity contribution in [2.45, 2.75) is 33.2 Å². The number of nitrogen functional groups attached to an aromatic ring is 1. The van der Waals surface area contributed by atoms with Crippen LogP contribution in [0.2, 0.25) is 0 Å². The van der Waals surface area contributed by atoms with Gasteiger partial charge in [0, 0.05) is 12.3 Å². The maximum Gasteiger partial charge on any atom is 0.262 e. The molecule has 8 heteroatoms. The van der Waals surface area contributed by atoms with E-state index in [1.54, 1.807) is 16.9 Å². The Labute approximate surface area is 133 Å². The van der Waals surface area contributed by atoms with Gasteiger partial charge in [-0.2, -0.15) is 10.2 Å². The number of carbonyl (C=O) groups excluding carboxylic acids is 1. The number of carbonyl (C=O) groups is 1. The van der Waals surface area contributed by atoms with Crippen LogP contribution in [0.1, 0.15) is 36.8 Å². The molecule has 0 atom stereocenters. The van der Waals surface area contributed by atoms with Crippen molar-refractivity contribution in [2.75, 3.05) is 11.1 Å². The Morgan fingerprint density at radius 2 is 2.09 bits per heavy atom. The number of fused-ring (bicyclic) bond motifs is 1. The van der Waals surface area contributed by atoms with Crippen LogP contribution >= 0.6 is 0 Å². The van der Waals surface area contributed by atoms with Crippen LogP contribution in [0.4, 0.5) is 11.6 Å². The van der Waals surface area contributed by atoms with Crippen LogP contribution in [-0.4, -0.2) is 30.3 Å². The van der Waals surface area contributed by atoms with Crippen molar-refractivity contribution in [3.05, 3.63) is 35.8 Å². The molecule has 23 heavy (non-hydrogen) atoms. The second-order valence-electron chi connectivity index (χ2n) is 6.39. The monoisotopic (exact) mass is 313 g/mol. The van der Waals surface area contributed by atoms with E-state index in [9.17, 15) is 4.79 Å². The van der Waals surface area contributed by atoms with Gasteiger partial charge in [-0.15, -0.1) is 0 Å². The minimum absolute atomic E-state index is 0.249. The van der Waals surface area contributed by atoms with Crippen LogP contribution in [0.15, 0.2) is 24.5 Å². The predicted molar refractivity (Wildman–Crippen MR) is 87.3 cm³/mol. The number of amides is 1. The van der Waals surface area contributed by atoms with Gasteiger partial charge < -0.3 is 11.1 Å². The summed E-state index contributed by atoms with van der Waals surface area (Å²) < 4.78 is 3.30. The highest BCUT2D eigenvalue weighted by Crippen LogP contribution is 2.22. The first kappa shape index (κ1) is 15.0. The van der Waals surface area contributed by atoms with E-state index in [0.717, 1.165) is 5.69 Å². The molecule has 0 radical (unpaired) electrons. The van der Waals surface area contributed by atoms with Crippen LogP contribution < -0.4 is 11.1 Å². The highest BCUT2D eigenvalue weighted by atomic mass is 16.1. The fourth-order valence-corrected chi connectivity index (χ4v) is 2.33. The molecule has 1 amide bonds. The maximum atomic E-state index is 12.6. The number of aryl methyl sites for hydroxylation is 1. The van der Waals surface area contributed by atoms with Gasteiger partial charge in [-0.05, 0) is 33.8 Å². The summed E-state index contributed by atoms with van der Waals surface area (Å²) in [5.41, 5.74) is 7.05. The van der Waals surface area contributed by atoms with E-state index in [1.165, 1.54) is 10.7 Å². The molecule has 3 N–H and O–H groups in total. The van der Waals surface area contributed by atoms with Crippen LogP contribution in [0.5, 0.6) is 0 Å². The van der Waals surface area contributed by atoms with E-state index < -0.39 is 0 Å². The maximum absolute atomic E-state index is 12.6. The van der Waals surface area contributed by atoms with Crippen molar-refractivity contribution in [2.24, 2.45) is 0 Å². The molecule has 120 valence electrons. The van der Waals surface area contributed by atoms with Gasteiger partial charge in [0.15, 0.2) is 5.65 Å². The van der Waals surface area contributed by atoms with Crippen molar-refractivity contribution in [1.29, 1.82) is 0 Å². The van der Waals surface area contributed by atoms with Gasteiger partial charge in [0.05, 0.1) is 17.4 Å². The molecule has 0 aliphatic heterocycles. The normalized spacial score (nSPS) is 11.8. The van der Waals surface area contributed by atoms with E-state index in [1.807, 2.05) is 33.8 Å². The molecule has 0 aliphatic carbocycles. The number of nitrogens with zero attached hydrogens (tertiary/aromatic N) is 5. The molecular weight excluding hydrogens is 294 g/mol. The zero-order valence-electron chi connectivity index (χ0n) is 13.5. The van der Waals surface area contributed by atoms with Gasteiger partial charge >= 0.3 is 0 Å².